The number of pyridine rings is 1. The van der Waals surface area contributed by atoms with Crippen LogP contribution in [0.15, 0.2) is 47.3 Å². The van der Waals surface area contributed by atoms with Crippen molar-refractivity contribution in [1.82, 2.24) is 30.1 Å². The fourth-order valence-electron chi connectivity index (χ4n) is 5.70. The molecule has 0 radical (unpaired) electrons. The number of nitrogens with zero attached hydrogens (tertiary/aromatic N) is 5. The molecule has 1 N–H and O–H groups in total. The third-order valence-corrected chi connectivity index (χ3v) is 7.79. The number of tetrazole rings is 1. The van der Waals surface area contributed by atoms with E-state index in [9.17, 15) is 4.79 Å². The Morgan fingerprint density at radius 3 is 2.46 bits per heavy atom. The smallest absolute Gasteiger partial charge is 0.252 e. The molecule has 39 heavy (non-hydrogen) atoms. The average molecular weight is 531 g/mol. The summed E-state index contributed by atoms with van der Waals surface area (Å²) in [6.07, 6.45) is 6.47. The molecule has 2 heterocycles. The third-order valence-electron chi connectivity index (χ3n) is 7.79. The highest BCUT2D eigenvalue weighted by Gasteiger charge is 2.30. The monoisotopic (exact) mass is 530 g/mol. The van der Waals surface area contributed by atoms with Gasteiger partial charge in [0, 0.05) is 30.1 Å². The maximum atomic E-state index is 13.4. The molecule has 0 amide bonds. The minimum absolute atomic E-state index is 0.0348. The molecule has 1 aliphatic carbocycles. The summed E-state index contributed by atoms with van der Waals surface area (Å²) in [6, 6.07) is 14.6. The van der Waals surface area contributed by atoms with Gasteiger partial charge >= 0.3 is 0 Å². The van der Waals surface area contributed by atoms with Crippen molar-refractivity contribution in [3.63, 3.8) is 0 Å². The van der Waals surface area contributed by atoms with Gasteiger partial charge in [-0.25, -0.2) is 4.68 Å². The number of aromatic amines is 1. The molecule has 206 valence electrons. The number of fused-ring (bicyclic) bond motifs is 1. The molecule has 9 heteroatoms. The van der Waals surface area contributed by atoms with Gasteiger partial charge in [-0.05, 0) is 54.3 Å². The lowest BCUT2D eigenvalue weighted by atomic mass is 10.0. The van der Waals surface area contributed by atoms with Crippen LogP contribution in [0.3, 0.4) is 0 Å². The Labute approximate surface area is 229 Å². The number of ether oxygens (including phenoxy) is 2. The SMILES string of the molecule is CCCC(c1nnnn1C1CCCC1)N(Cc1ccc(C)cc1)Cc1cc2cc(OC)c(OC)cc2[nH]c1=O. The van der Waals surface area contributed by atoms with Crippen molar-refractivity contribution in [3.05, 3.63) is 75.3 Å². The topological polar surface area (TPSA) is 98.2 Å². The van der Waals surface area contributed by atoms with Crippen LogP contribution in [-0.2, 0) is 13.1 Å². The van der Waals surface area contributed by atoms with E-state index < -0.39 is 0 Å². The molecule has 4 aromatic rings. The van der Waals surface area contributed by atoms with Gasteiger partial charge in [0.2, 0.25) is 0 Å². The first-order chi connectivity index (χ1) is 19.0. The molecule has 0 spiro atoms. The minimum Gasteiger partial charge on any atom is -0.493 e. The number of aromatic nitrogens is 5. The standard InChI is InChI=1S/C30H38N6O3/c1-5-8-26(29-32-33-34-36(29)24-9-6-7-10-24)35(18-21-13-11-20(2)12-14-21)19-23-15-22-16-27(38-3)28(39-4)17-25(22)31-30(23)37/h11-17,24,26H,5-10,18-19H2,1-4H3,(H,31,37). The van der Waals surface area contributed by atoms with E-state index in [2.05, 4.69) is 68.2 Å². The predicted octanol–water partition coefficient (Wildman–Crippen LogP) is 5.50. The molecule has 5 rings (SSSR count). The maximum Gasteiger partial charge on any atom is 0.252 e. The summed E-state index contributed by atoms with van der Waals surface area (Å²) in [4.78, 5) is 18.8. The Balaban J connectivity index is 1.56. The first-order valence-corrected chi connectivity index (χ1v) is 13.9. The van der Waals surface area contributed by atoms with Crippen LogP contribution in [-0.4, -0.2) is 44.3 Å². The Morgan fingerprint density at radius 1 is 1.05 bits per heavy atom. The van der Waals surface area contributed by atoms with Crippen molar-refractivity contribution in [2.24, 2.45) is 0 Å². The molecule has 0 bridgehead atoms. The van der Waals surface area contributed by atoms with E-state index in [1.807, 2.05) is 12.1 Å². The maximum absolute atomic E-state index is 13.4. The zero-order valence-corrected chi connectivity index (χ0v) is 23.3. The number of H-pyrrole nitrogens is 1. The van der Waals surface area contributed by atoms with Crippen molar-refractivity contribution in [2.45, 2.75) is 77.5 Å². The van der Waals surface area contributed by atoms with Crippen LogP contribution in [0, 0.1) is 6.92 Å². The van der Waals surface area contributed by atoms with Crippen molar-refractivity contribution < 1.29 is 9.47 Å². The Bertz CT molecular complexity index is 1460. The predicted molar refractivity (Wildman–Crippen MR) is 151 cm³/mol. The molecule has 9 nitrogen and oxygen atoms in total. The van der Waals surface area contributed by atoms with Crippen LogP contribution in [0.1, 0.15) is 80.0 Å². The summed E-state index contributed by atoms with van der Waals surface area (Å²) in [5, 5.41) is 14.0. The summed E-state index contributed by atoms with van der Waals surface area (Å²) in [5.74, 6) is 2.09. The fourth-order valence-corrected chi connectivity index (χ4v) is 5.70. The normalized spacial score (nSPS) is 14.8. The van der Waals surface area contributed by atoms with Crippen LogP contribution < -0.4 is 15.0 Å². The quantitative estimate of drug-likeness (QED) is 0.273. The van der Waals surface area contributed by atoms with E-state index in [0.29, 0.717) is 41.7 Å². The molecule has 1 atom stereocenters. The van der Waals surface area contributed by atoms with Crippen molar-refractivity contribution in [2.75, 3.05) is 14.2 Å². The Kier molecular flexibility index (Phi) is 8.26. The zero-order chi connectivity index (χ0) is 27.4. The summed E-state index contributed by atoms with van der Waals surface area (Å²) < 4.78 is 13.0. The van der Waals surface area contributed by atoms with Gasteiger partial charge in [-0.15, -0.1) is 5.10 Å². The van der Waals surface area contributed by atoms with Crippen LogP contribution in [0.2, 0.25) is 0 Å². The molecule has 1 fully saturated rings. The van der Waals surface area contributed by atoms with Gasteiger partial charge in [-0.2, -0.15) is 0 Å². The molecule has 1 unspecified atom stereocenters. The van der Waals surface area contributed by atoms with Crippen molar-refractivity contribution in [3.8, 4) is 11.5 Å². The number of hydrogen-bond donors (Lipinski definition) is 1. The van der Waals surface area contributed by atoms with Crippen molar-refractivity contribution >= 4 is 10.9 Å². The highest BCUT2D eigenvalue weighted by atomic mass is 16.5. The average Bonchev–Trinajstić information content (AvgIpc) is 3.64. The largest absolute Gasteiger partial charge is 0.493 e. The van der Waals surface area contributed by atoms with Crippen LogP contribution in [0.4, 0.5) is 0 Å². The van der Waals surface area contributed by atoms with Crippen LogP contribution in [0.5, 0.6) is 11.5 Å². The summed E-state index contributed by atoms with van der Waals surface area (Å²) in [7, 11) is 3.20. The van der Waals surface area contributed by atoms with E-state index >= 15 is 0 Å². The lowest BCUT2D eigenvalue weighted by Gasteiger charge is -2.31. The number of nitrogens with one attached hydrogen (secondary N) is 1. The van der Waals surface area contributed by atoms with Gasteiger partial charge < -0.3 is 14.5 Å². The summed E-state index contributed by atoms with van der Waals surface area (Å²) in [5.41, 5.74) is 3.68. The van der Waals surface area contributed by atoms with E-state index in [4.69, 9.17) is 9.47 Å². The van der Waals surface area contributed by atoms with Gasteiger partial charge in [0.1, 0.15) is 0 Å². The molecule has 2 aromatic heterocycles. The van der Waals surface area contributed by atoms with Gasteiger partial charge in [-0.3, -0.25) is 9.69 Å². The van der Waals surface area contributed by atoms with E-state index in [-0.39, 0.29) is 11.6 Å². The highest BCUT2D eigenvalue weighted by Crippen LogP contribution is 2.35. The summed E-state index contributed by atoms with van der Waals surface area (Å²) in [6.45, 7) is 5.40. The lowest BCUT2D eigenvalue weighted by molar-refractivity contribution is 0.153. The second-order valence-electron chi connectivity index (χ2n) is 10.5. The minimum atomic E-state index is -0.116. The molecule has 2 aromatic carbocycles. The van der Waals surface area contributed by atoms with Crippen LogP contribution >= 0.6 is 0 Å². The number of rotatable bonds is 11. The Hall–Kier alpha value is -3.72. The Morgan fingerprint density at radius 2 is 1.77 bits per heavy atom. The van der Waals surface area contributed by atoms with E-state index in [1.165, 1.54) is 24.0 Å². The second-order valence-corrected chi connectivity index (χ2v) is 10.5. The fraction of sp³-hybridized carbons (Fsp3) is 0.467. The van der Waals surface area contributed by atoms with E-state index in [0.717, 1.165) is 36.9 Å². The molecule has 1 aliphatic rings. The molecule has 1 saturated carbocycles. The van der Waals surface area contributed by atoms with Crippen LogP contribution in [0.25, 0.3) is 10.9 Å². The number of hydrogen-bond acceptors (Lipinski definition) is 7. The van der Waals surface area contributed by atoms with Gasteiger partial charge in [-0.1, -0.05) is 56.0 Å². The summed E-state index contributed by atoms with van der Waals surface area (Å²) >= 11 is 0. The second kappa shape index (κ2) is 12.0. The number of benzene rings is 2. The number of methoxy groups -OCH3 is 2. The third kappa shape index (κ3) is 5.83. The molecule has 0 aliphatic heterocycles. The first kappa shape index (κ1) is 26.9. The molecular formula is C30H38N6O3. The van der Waals surface area contributed by atoms with Gasteiger partial charge in [0.15, 0.2) is 17.3 Å². The molecular weight excluding hydrogens is 492 g/mol. The number of aryl methyl sites for hydroxylation is 1. The lowest BCUT2D eigenvalue weighted by Crippen LogP contribution is -2.33. The van der Waals surface area contributed by atoms with Gasteiger partial charge in [0.25, 0.3) is 5.56 Å². The van der Waals surface area contributed by atoms with Gasteiger partial charge in [0.05, 0.1) is 31.8 Å². The van der Waals surface area contributed by atoms with E-state index in [1.54, 1.807) is 20.3 Å². The molecule has 0 saturated heterocycles. The van der Waals surface area contributed by atoms with Crippen molar-refractivity contribution in [1.29, 1.82) is 0 Å². The zero-order valence-electron chi connectivity index (χ0n) is 23.3. The first-order valence-electron chi connectivity index (χ1n) is 13.9. The highest BCUT2D eigenvalue weighted by molar-refractivity contribution is 5.83.